The third-order valence-electron chi connectivity index (χ3n) is 1.91. The molecule has 1 aromatic rings. The Bertz CT molecular complexity index is 315. The van der Waals surface area contributed by atoms with Gasteiger partial charge in [-0.2, -0.15) is 0 Å². The van der Waals surface area contributed by atoms with Crippen LogP contribution in [-0.4, -0.2) is 24.9 Å². The Morgan fingerprint density at radius 1 is 1.47 bits per heavy atom. The van der Waals surface area contributed by atoms with E-state index in [0.717, 1.165) is 15.8 Å². The second kappa shape index (κ2) is 6.10. The van der Waals surface area contributed by atoms with Gasteiger partial charge in [0, 0.05) is 7.11 Å². The fourth-order valence-electron chi connectivity index (χ4n) is 1.22. The molecular weight excluding hydrogens is 260 g/mol. The summed E-state index contributed by atoms with van der Waals surface area (Å²) in [4.78, 5) is 0. The number of hydrogen-bond donors (Lipinski definition) is 1. The van der Waals surface area contributed by atoms with Gasteiger partial charge in [-0.25, -0.2) is 0 Å². The third-order valence-corrected chi connectivity index (χ3v) is 2.53. The number of aliphatic hydroxyl groups excluding tert-OH is 1. The first-order valence-corrected chi connectivity index (χ1v) is 5.51. The topological polar surface area (TPSA) is 38.7 Å². The maximum Gasteiger partial charge on any atom is 0.134 e. The molecule has 84 valence electrons. The lowest BCUT2D eigenvalue weighted by atomic mass is 10.2. The molecule has 15 heavy (non-hydrogen) atoms. The predicted octanol–water partition coefficient (Wildman–Crippen LogP) is 2.36. The first kappa shape index (κ1) is 12.5. The minimum absolute atomic E-state index is 0.00581. The minimum atomic E-state index is 0.00581. The van der Waals surface area contributed by atoms with Crippen molar-refractivity contribution in [1.82, 2.24) is 0 Å². The van der Waals surface area contributed by atoms with Crippen molar-refractivity contribution in [3.05, 3.63) is 28.2 Å². The molecule has 0 amide bonds. The summed E-state index contributed by atoms with van der Waals surface area (Å²) in [5, 5.41) is 8.94. The van der Waals surface area contributed by atoms with E-state index >= 15 is 0 Å². The number of benzene rings is 1. The Balaban J connectivity index is 2.69. The van der Waals surface area contributed by atoms with Crippen molar-refractivity contribution in [2.75, 3.05) is 13.7 Å². The highest BCUT2D eigenvalue weighted by molar-refractivity contribution is 9.10. The van der Waals surface area contributed by atoms with Crippen LogP contribution in [0.4, 0.5) is 0 Å². The summed E-state index contributed by atoms with van der Waals surface area (Å²) in [6.45, 7) is 2.52. The molecule has 0 radical (unpaired) electrons. The first-order chi connectivity index (χ1) is 7.17. The van der Waals surface area contributed by atoms with Crippen LogP contribution < -0.4 is 4.74 Å². The van der Waals surface area contributed by atoms with Crippen molar-refractivity contribution in [2.45, 2.75) is 19.6 Å². The second-order valence-electron chi connectivity index (χ2n) is 3.31. The Labute approximate surface area is 98.1 Å². The molecule has 0 fully saturated rings. The zero-order valence-corrected chi connectivity index (χ0v) is 10.5. The summed E-state index contributed by atoms with van der Waals surface area (Å²) in [7, 11) is 1.64. The molecule has 1 unspecified atom stereocenters. The van der Waals surface area contributed by atoms with Gasteiger partial charge in [0.25, 0.3) is 0 Å². The lowest BCUT2D eigenvalue weighted by Gasteiger charge is -2.15. The summed E-state index contributed by atoms with van der Waals surface area (Å²) in [6, 6.07) is 5.51. The summed E-state index contributed by atoms with van der Waals surface area (Å²) in [5.74, 6) is 0.761. The van der Waals surface area contributed by atoms with Gasteiger partial charge in [0.05, 0.1) is 17.7 Å². The molecule has 1 aromatic carbocycles. The molecule has 0 aliphatic heterocycles. The summed E-state index contributed by atoms with van der Waals surface area (Å²) >= 11 is 3.39. The maximum absolute atomic E-state index is 8.94. The van der Waals surface area contributed by atoms with Crippen molar-refractivity contribution in [3.8, 4) is 5.75 Å². The molecule has 1 N–H and O–H groups in total. The van der Waals surface area contributed by atoms with E-state index in [0.29, 0.717) is 6.61 Å². The maximum atomic E-state index is 8.94. The van der Waals surface area contributed by atoms with E-state index in [9.17, 15) is 0 Å². The van der Waals surface area contributed by atoms with E-state index in [2.05, 4.69) is 15.9 Å². The predicted molar refractivity (Wildman–Crippen MR) is 62.0 cm³/mol. The molecule has 0 saturated carbocycles. The molecule has 0 aliphatic carbocycles. The Morgan fingerprint density at radius 2 is 2.20 bits per heavy atom. The van der Waals surface area contributed by atoms with E-state index in [1.54, 1.807) is 7.11 Å². The molecule has 0 spiro atoms. The van der Waals surface area contributed by atoms with Crippen LogP contribution in [0.3, 0.4) is 0 Å². The fraction of sp³-hybridized carbons (Fsp3) is 0.455. The van der Waals surface area contributed by atoms with Crippen LogP contribution >= 0.6 is 15.9 Å². The van der Waals surface area contributed by atoms with Crippen molar-refractivity contribution in [2.24, 2.45) is 0 Å². The number of rotatable bonds is 5. The standard InChI is InChI=1S/C11H15BrO3/c1-8(7-14-2)15-11-4-3-9(6-13)5-10(11)12/h3-5,8,13H,6-7H2,1-2H3. The van der Waals surface area contributed by atoms with Crippen LogP contribution in [0.15, 0.2) is 22.7 Å². The molecule has 0 aromatic heterocycles. The summed E-state index contributed by atoms with van der Waals surface area (Å²) < 4.78 is 11.5. The molecule has 4 heteroatoms. The van der Waals surface area contributed by atoms with Crippen molar-refractivity contribution >= 4 is 15.9 Å². The number of halogens is 1. The minimum Gasteiger partial charge on any atom is -0.487 e. The molecule has 3 nitrogen and oxygen atoms in total. The molecule has 1 atom stereocenters. The van der Waals surface area contributed by atoms with Gasteiger partial charge in [-0.1, -0.05) is 6.07 Å². The quantitative estimate of drug-likeness (QED) is 0.896. The number of methoxy groups -OCH3 is 1. The Hall–Kier alpha value is -0.580. The van der Waals surface area contributed by atoms with Gasteiger partial charge in [0.1, 0.15) is 11.9 Å². The van der Waals surface area contributed by atoms with Crippen molar-refractivity contribution in [3.63, 3.8) is 0 Å². The zero-order chi connectivity index (χ0) is 11.3. The summed E-state index contributed by atoms with van der Waals surface area (Å²) in [6.07, 6.45) is 0.00581. The Kier molecular flexibility index (Phi) is 5.08. The zero-order valence-electron chi connectivity index (χ0n) is 8.87. The number of hydrogen-bond acceptors (Lipinski definition) is 3. The normalized spacial score (nSPS) is 12.5. The average molecular weight is 275 g/mol. The highest BCUT2D eigenvalue weighted by Gasteiger charge is 2.07. The van der Waals surface area contributed by atoms with Crippen LogP contribution in [0, 0.1) is 0 Å². The first-order valence-electron chi connectivity index (χ1n) is 4.72. The van der Waals surface area contributed by atoms with Crippen LogP contribution in [-0.2, 0) is 11.3 Å². The third kappa shape index (κ3) is 3.81. The molecule has 1 rings (SSSR count). The highest BCUT2D eigenvalue weighted by Crippen LogP contribution is 2.26. The van der Waals surface area contributed by atoms with Crippen molar-refractivity contribution < 1.29 is 14.6 Å². The van der Waals surface area contributed by atoms with Gasteiger partial charge in [-0.15, -0.1) is 0 Å². The van der Waals surface area contributed by atoms with Crippen LogP contribution in [0.5, 0.6) is 5.75 Å². The largest absolute Gasteiger partial charge is 0.487 e. The molecular formula is C11H15BrO3. The Morgan fingerprint density at radius 3 is 2.73 bits per heavy atom. The van der Waals surface area contributed by atoms with Crippen LogP contribution in [0.25, 0.3) is 0 Å². The number of ether oxygens (including phenoxy) is 2. The summed E-state index contributed by atoms with van der Waals surface area (Å²) in [5.41, 5.74) is 0.855. The van der Waals surface area contributed by atoms with Crippen LogP contribution in [0.1, 0.15) is 12.5 Å². The average Bonchev–Trinajstić information content (AvgIpc) is 2.21. The van der Waals surface area contributed by atoms with E-state index in [1.807, 2.05) is 25.1 Å². The van der Waals surface area contributed by atoms with E-state index < -0.39 is 0 Å². The lowest BCUT2D eigenvalue weighted by molar-refractivity contribution is 0.0915. The van der Waals surface area contributed by atoms with Crippen LogP contribution in [0.2, 0.25) is 0 Å². The van der Waals surface area contributed by atoms with Gasteiger partial charge < -0.3 is 14.6 Å². The second-order valence-corrected chi connectivity index (χ2v) is 4.16. The monoisotopic (exact) mass is 274 g/mol. The van der Waals surface area contributed by atoms with E-state index in [4.69, 9.17) is 14.6 Å². The SMILES string of the molecule is COCC(C)Oc1ccc(CO)cc1Br. The molecule has 0 bridgehead atoms. The fourth-order valence-corrected chi connectivity index (χ4v) is 1.74. The van der Waals surface area contributed by atoms with Gasteiger partial charge in [0.15, 0.2) is 0 Å². The van der Waals surface area contributed by atoms with Crippen molar-refractivity contribution in [1.29, 1.82) is 0 Å². The molecule has 0 aliphatic rings. The highest BCUT2D eigenvalue weighted by atomic mass is 79.9. The molecule has 0 heterocycles. The van der Waals surface area contributed by atoms with Gasteiger partial charge >= 0.3 is 0 Å². The smallest absolute Gasteiger partial charge is 0.134 e. The van der Waals surface area contributed by atoms with Gasteiger partial charge in [-0.3, -0.25) is 0 Å². The molecule has 0 saturated heterocycles. The van der Waals surface area contributed by atoms with Gasteiger partial charge in [0.2, 0.25) is 0 Å². The van der Waals surface area contributed by atoms with E-state index in [-0.39, 0.29) is 12.7 Å². The van der Waals surface area contributed by atoms with E-state index in [1.165, 1.54) is 0 Å². The lowest BCUT2D eigenvalue weighted by Crippen LogP contribution is -2.18. The van der Waals surface area contributed by atoms with Gasteiger partial charge in [-0.05, 0) is 40.5 Å². The number of aliphatic hydroxyl groups is 1.